The second-order valence-electron chi connectivity index (χ2n) is 5.92. The quantitative estimate of drug-likeness (QED) is 0.488. The van der Waals surface area contributed by atoms with Crippen molar-refractivity contribution in [2.75, 3.05) is 17.6 Å². The summed E-state index contributed by atoms with van der Waals surface area (Å²) in [7, 11) is 0. The standard InChI is InChI=1S/C18H16BrClN6O2S/c1-11-8-12(19)2-7-15(11)22-16(27)9-21-17(28)10-29-18-23-24-25-26(18)14-5-3-13(20)4-6-14/h2-8H,9-10H2,1H3,(H,21,28)(H,22,27). The molecule has 3 aromatic rings. The highest BCUT2D eigenvalue weighted by atomic mass is 79.9. The van der Waals surface area contributed by atoms with Gasteiger partial charge >= 0.3 is 0 Å². The number of benzene rings is 2. The van der Waals surface area contributed by atoms with Gasteiger partial charge in [-0.15, -0.1) is 5.10 Å². The molecule has 0 saturated carbocycles. The van der Waals surface area contributed by atoms with Crippen LogP contribution in [0.4, 0.5) is 5.69 Å². The number of carbonyl (C=O) groups excluding carboxylic acids is 2. The van der Waals surface area contributed by atoms with Crippen LogP contribution < -0.4 is 10.6 Å². The molecule has 0 aliphatic carbocycles. The second kappa shape index (κ2) is 9.86. The van der Waals surface area contributed by atoms with Crippen molar-refractivity contribution in [2.45, 2.75) is 12.1 Å². The number of nitrogens with one attached hydrogen (secondary N) is 2. The molecule has 1 aromatic heterocycles. The first-order chi connectivity index (χ1) is 13.9. The summed E-state index contributed by atoms with van der Waals surface area (Å²) in [6.45, 7) is 1.76. The van der Waals surface area contributed by atoms with Crippen LogP contribution in [0.3, 0.4) is 0 Å². The Morgan fingerprint density at radius 1 is 1.17 bits per heavy atom. The zero-order valence-corrected chi connectivity index (χ0v) is 18.4. The SMILES string of the molecule is Cc1cc(Br)ccc1NC(=O)CNC(=O)CSc1nnnn1-c1ccc(Cl)cc1. The number of carbonyl (C=O) groups is 2. The lowest BCUT2D eigenvalue weighted by Gasteiger charge is -2.09. The molecule has 0 atom stereocenters. The molecular formula is C18H16BrClN6O2S. The molecule has 0 spiro atoms. The van der Waals surface area contributed by atoms with E-state index in [4.69, 9.17) is 11.6 Å². The van der Waals surface area contributed by atoms with E-state index in [-0.39, 0.29) is 24.1 Å². The van der Waals surface area contributed by atoms with Gasteiger partial charge in [-0.3, -0.25) is 9.59 Å². The molecule has 0 bridgehead atoms. The number of hydrogen-bond acceptors (Lipinski definition) is 6. The summed E-state index contributed by atoms with van der Waals surface area (Å²) < 4.78 is 2.44. The molecule has 2 amide bonds. The Labute approximate surface area is 184 Å². The molecule has 2 N–H and O–H groups in total. The molecule has 0 fully saturated rings. The number of halogens is 2. The average molecular weight is 496 g/mol. The molecule has 0 radical (unpaired) electrons. The third-order valence-corrected chi connectivity index (χ3v) is 5.42. The van der Waals surface area contributed by atoms with E-state index in [1.165, 1.54) is 16.4 Å². The lowest BCUT2D eigenvalue weighted by Crippen LogP contribution is -2.34. The van der Waals surface area contributed by atoms with Crippen LogP contribution in [0.25, 0.3) is 5.69 Å². The van der Waals surface area contributed by atoms with Crippen molar-refractivity contribution in [3.05, 3.63) is 57.5 Å². The second-order valence-corrected chi connectivity index (χ2v) is 8.22. The number of hydrogen-bond donors (Lipinski definition) is 2. The molecule has 0 saturated heterocycles. The lowest BCUT2D eigenvalue weighted by molar-refractivity contribution is -0.122. The Bertz CT molecular complexity index is 1030. The predicted octanol–water partition coefficient (Wildman–Crippen LogP) is 3.23. The van der Waals surface area contributed by atoms with Gasteiger partial charge in [0, 0.05) is 15.2 Å². The molecule has 1 heterocycles. The largest absolute Gasteiger partial charge is 0.346 e. The van der Waals surface area contributed by atoms with Crippen LogP contribution >= 0.6 is 39.3 Å². The minimum Gasteiger partial charge on any atom is -0.346 e. The van der Waals surface area contributed by atoms with Crippen molar-refractivity contribution < 1.29 is 9.59 Å². The van der Waals surface area contributed by atoms with Crippen molar-refractivity contribution in [1.82, 2.24) is 25.5 Å². The molecular weight excluding hydrogens is 480 g/mol. The predicted molar refractivity (Wildman–Crippen MR) is 115 cm³/mol. The van der Waals surface area contributed by atoms with E-state index in [1.807, 2.05) is 19.1 Å². The highest BCUT2D eigenvalue weighted by molar-refractivity contribution is 9.10. The number of amides is 2. The van der Waals surface area contributed by atoms with Crippen molar-refractivity contribution in [1.29, 1.82) is 0 Å². The number of tetrazole rings is 1. The molecule has 0 aliphatic rings. The van der Waals surface area contributed by atoms with Crippen molar-refractivity contribution in [2.24, 2.45) is 0 Å². The zero-order valence-electron chi connectivity index (χ0n) is 15.2. The minimum absolute atomic E-state index is 0.0680. The summed E-state index contributed by atoms with van der Waals surface area (Å²) in [6, 6.07) is 12.5. The van der Waals surface area contributed by atoms with Gasteiger partial charge < -0.3 is 10.6 Å². The van der Waals surface area contributed by atoms with Crippen molar-refractivity contribution in [3.63, 3.8) is 0 Å². The number of aryl methyl sites for hydroxylation is 1. The Morgan fingerprint density at radius 2 is 1.93 bits per heavy atom. The highest BCUT2D eigenvalue weighted by Gasteiger charge is 2.13. The summed E-state index contributed by atoms with van der Waals surface area (Å²) in [5, 5.41) is 17.9. The Kier molecular flexibility index (Phi) is 7.24. The van der Waals surface area contributed by atoms with E-state index in [2.05, 4.69) is 42.1 Å². The summed E-state index contributed by atoms with van der Waals surface area (Å²) in [4.78, 5) is 24.1. The van der Waals surface area contributed by atoms with Crippen molar-refractivity contribution in [3.8, 4) is 5.69 Å². The third-order valence-electron chi connectivity index (χ3n) is 3.75. The van der Waals surface area contributed by atoms with Crippen LogP contribution in [0.2, 0.25) is 5.02 Å². The fourth-order valence-corrected chi connectivity index (χ4v) is 3.66. The number of nitrogens with zero attached hydrogens (tertiary/aromatic N) is 4. The van der Waals surface area contributed by atoms with Crippen LogP contribution in [0.5, 0.6) is 0 Å². The lowest BCUT2D eigenvalue weighted by atomic mass is 10.2. The number of anilines is 1. The van der Waals surface area contributed by atoms with Gasteiger partial charge in [0.2, 0.25) is 17.0 Å². The number of thioether (sulfide) groups is 1. The van der Waals surface area contributed by atoms with Crippen LogP contribution in [0, 0.1) is 6.92 Å². The van der Waals surface area contributed by atoms with Gasteiger partial charge in [0.25, 0.3) is 0 Å². The van der Waals surface area contributed by atoms with E-state index >= 15 is 0 Å². The number of aromatic nitrogens is 4. The first-order valence-corrected chi connectivity index (χ1v) is 10.6. The van der Waals surface area contributed by atoms with Crippen molar-refractivity contribution >= 4 is 56.8 Å². The zero-order chi connectivity index (χ0) is 20.8. The van der Waals surface area contributed by atoms with Gasteiger partial charge in [0.1, 0.15) is 0 Å². The van der Waals surface area contributed by atoms with Gasteiger partial charge in [0.05, 0.1) is 18.0 Å². The van der Waals surface area contributed by atoms with Crippen LogP contribution in [-0.2, 0) is 9.59 Å². The molecule has 0 aliphatic heterocycles. The highest BCUT2D eigenvalue weighted by Crippen LogP contribution is 2.20. The van der Waals surface area contributed by atoms with Gasteiger partial charge in [-0.2, -0.15) is 4.68 Å². The van der Waals surface area contributed by atoms with Gasteiger partial charge in [-0.05, 0) is 65.4 Å². The Hall–Kier alpha value is -2.43. The fourth-order valence-electron chi connectivity index (χ4n) is 2.33. The van der Waals surface area contributed by atoms with Crippen LogP contribution in [0.15, 0.2) is 52.1 Å². The monoisotopic (exact) mass is 494 g/mol. The molecule has 29 heavy (non-hydrogen) atoms. The van der Waals surface area contributed by atoms with Crippen LogP contribution in [0.1, 0.15) is 5.56 Å². The summed E-state index contributed by atoms with van der Waals surface area (Å²) in [6.07, 6.45) is 0. The van der Waals surface area contributed by atoms with Gasteiger partial charge in [-0.1, -0.05) is 39.3 Å². The molecule has 8 nitrogen and oxygen atoms in total. The topological polar surface area (TPSA) is 102 Å². The average Bonchev–Trinajstić information content (AvgIpc) is 3.16. The Morgan fingerprint density at radius 3 is 2.66 bits per heavy atom. The number of rotatable bonds is 7. The molecule has 3 rings (SSSR count). The maximum atomic E-state index is 12.1. The minimum atomic E-state index is -0.306. The molecule has 0 unspecified atom stereocenters. The van der Waals surface area contributed by atoms with E-state index in [0.29, 0.717) is 15.9 Å². The van der Waals surface area contributed by atoms with Gasteiger partial charge in [0.15, 0.2) is 0 Å². The molecule has 2 aromatic carbocycles. The van der Waals surface area contributed by atoms with E-state index in [9.17, 15) is 9.59 Å². The van der Waals surface area contributed by atoms with E-state index < -0.39 is 0 Å². The normalized spacial score (nSPS) is 10.6. The van der Waals surface area contributed by atoms with Crippen LogP contribution in [-0.4, -0.2) is 44.3 Å². The summed E-state index contributed by atoms with van der Waals surface area (Å²) >= 11 is 10.4. The molecule has 11 heteroatoms. The van der Waals surface area contributed by atoms with E-state index in [1.54, 1.807) is 30.3 Å². The van der Waals surface area contributed by atoms with Gasteiger partial charge in [-0.25, -0.2) is 0 Å². The fraction of sp³-hybridized carbons (Fsp3) is 0.167. The first kappa shape index (κ1) is 21.3. The van der Waals surface area contributed by atoms with E-state index in [0.717, 1.165) is 15.7 Å². The molecule has 150 valence electrons. The maximum Gasteiger partial charge on any atom is 0.243 e. The summed E-state index contributed by atoms with van der Waals surface area (Å²) in [5.74, 6) is -0.540. The smallest absolute Gasteiger partial charge is 0.243 e. The third kappa shape index (κ3) is 6.02. The Balaban J connectivity index is 1.49. The first-order valence-electron chi connectivity index (χ1n) is 8.42. The summed E-state index contributed by atoms with van der Waals surface area (Å²) in [5.41, 5.74) is 2.35. The maximum absolute atomic E-state index is 12.1.